The van der Waals surface area contributed by atoms with Crippen LogP contribution in [0.3, 0.4) is 0 Å². The SMILES string of the molecule is CCc1ccc(C2Cc3cc(CC)ccc3N2)cc1. The van der Waals surface area contributed by atoms with Gasteiger partial charge in [0.1, 0.15) is 0 Å². The number of hydrogen-bond donors (Lipinski definition) is 1. The summed E-state index contributed by atoms with van der Waals surface area (Å²) in [6.45, 7) is 4.41. The maximum Gasteiger partial charge on any atom is 0.0555 e. The Balaban J connectivity index is 1.82. The number of hydrogen-bond acceptors (Lipinski definition) is 1. The molecule has 1 nitrogen and oxygen atoms in total. The second-order valence-electron chi connectivity index (χ2n) is 5.34. The summed E-state index contributed by atoms with van der Waals surface area (Å²) in [5, 5.41) is 3.64. The third-order valence-electron chi connectivity index (χ3n) is 4.12. The van der Waals surface area contributed by atoms with Crippen LogP contribution < -0.4 is 5.32 Å². The molecule has 1 unspecified atom stereocenters. The Morgan fingerprint density at radius 1 is 0.947 bits per heavy atom. The van der Waals surface area contributed by atoms with Crippen LogP contribution in [0.5, 0.6) is 0 Å². The molecule has 0 spiro atoms. The van der Waals surface area contributed by atoms with Gasteiger partial charge in [-0.1, -0.05) is 50.2 Å². The lowest BCUT2D eigenvalue weighted by Crippen LogP contribution is -2.05. The van der Waals surface area contributed by atoms with Crippen molar-refractivity contribution >= 4 is 5.69 Å². The van der Waals surface area contributed by atoms with Gasteiger partial charge < -0.3 is 5.32 Å². The largest absolute Gasteiger partial charge is 0.378 e. The maximum atomic E-state index is 3.64. The zero-order chi connectivity index (χ0) is 13.2. The van der Waals surface area contributed by atoms with Crippen molar-refractivity contribution in [2.24, 2.45) is 0 Å². The van der Waals surface area contributed by atoms with E-state index >= 15 is 0 Å². The molecular weight excluding hydrogens is 230 g/mol. The van der Waals surface area contributed by atoms with Gasteiger partial charge in [0, 0.05) is 5.69 Å². The Morgan fingerprint density at radius 3 is 2.32 bits per heavy atom. The predicted octanol–water partition coefficient (Wildman–Crippen LogP) is 4.52. The molecule has 2 aromatic carbocycles. The van der Waals surface area contributed by atoms with Crippen LogP contribution in [-0.4, -0.2) is 0 Å². The molecular formula is C18H21N. The van der Waals surface area contributed by atoms with Crippen LogP contribution in [0.1, 0.15) is 42.1 Å². The minimum atomic E-state index is 0.438. The standard InChI is InChI=1S/C18H21N/c1-3-13-5-8-15(9-6-13)18-12-16-11-14(4-2)7-10-17(16)19-18/h5-11,18-19H,3-4,12H2,1-2H3. The zero-order valence-corrected chi connectivity index (χ0v) is 11.7. The molecule has 3 rings (SSSR count). The molecule has 1 N–H and O–H groups in total. The smallest absolute Gasteiger partial charge is 0.0555 e. The van der Waals surface area contributed by atoms with Gasteiger partial charge in [0.25, 0.3) is 0 Å². The van der Waals surface area contributed by atoms with Crippen molar-refractivity contribution in [3.63, 3.8) is 0 Å². The third kappa shape index (κ3) is 2.37. The second kappa shape index (κ2) is 5.08. The van der Waals surface area contributed by atoms with E-state index in [4.69, 9.17) is 0 Å². The topological polar surface area (TPSA) is 12.0 Å². The number of benzene rings is 2. The summed E-state index contributed by atoms with van der Waals surface area (Å²) in [5.74, 6) is 0. The summed E-state index contributed by atoms with van der Waals surface area (Å²) in [6.07, 6.45) is 3.33. The summed E-state index contributed by atoms with van der Waals surface area (Å²) in [4.78, 5) is 0. The molecule has 1 atom stereocenters. The monoisotopic (exact) mass is 251 g/mol. The Hall–Kier alpha value is -1.76. The normalized spacial score (nSPS) is 17.1. The average molecular weight is 251 g/mol. The number of fused-ring (bicyclic) bond motifs is 1. The van der Waals surface area contributed by atoms with Crippen molar-refractivity contribution in [1.29, 1.82) is 0 Å². The van der Waals surface area contributed by atoms with Gasteiger partial charge in [0.15, 0.2) is 0 Å². The molecule has 19 heavy (non-hydrogen) atoms. The minimum Gasteiger partial charge on any atom is -0.378 e. The van der Waals surface area contributed by atoms with E-state index in [-0.39, 0.29) is 0 Å². The zero-order valence-electron chi connectivity index (χ0n) is 11.7. The Labute approximate surface area is 115 Å². The Kier molecular flexibility index (Phi) is 3.29. The molecule has 1 heterocycles. The van der Waals surface area contributed by atoms with E-state index in [2.05, 4.69) is 61.6 Å². The van der Waals surface area contributed by atoms with Crippen LogP contribution in [0.15, 0.2) is 42.5 Å². The van der Waals surface area contributed by atoms with Gasteiger partial charge in [0.2, 0.25) is 0 Å². The number of nitrogens with one attached hydrogen (secondary N) is 1. The first-order chi connectivity index (χ1) is 9.30. The van der Waals surface area contributed by atoms with Crippen molar-refractivity contribution in [3.8, 4) is 0 Å². The van der Waals surface area contributed by atoms with Gasteiger partial charge in [0.05, 0.1) is 6.04 Å². The van der Waals surface area contributed by atoms with Crippen molar-refractivity contribution < 1.29 is 0 Å². The molecule has 98 valence electrons. The van der Waals surface area contributed by atoms with Crippen LogP contribution >= 0.6 is 0 Å². The summed E-state index contributed by atoms with van der Waals surface area (Å²) in [7, 11) is 0. The molecule has 2 aromatic rings. The van der Waals surface area contributed by atoms with Crippen molar-refractivity contribution in [2.45, 2.75) is 39.2 Å². The number of rotatable bonds is 3. The van der Waals surface area contributed by atoms with Crippen LogP contribution in [-0.2, 0) is 19.3 Å². The van der Waals surface area contributed by atoms with Crippen LogP contribution in [0, 0.1) is 0 Å². The highest BCUT2D eigenvalue weighted by Crippen LogP contribution is 2.34. The molecule has 0 saturated heterocycles. The lowest BCUT2D eigenvalue weighted by Gasteiger charge is -2.12. The molecule has 1 aliphatic rings. The highest BCUT2D eigenvalue weighted by atomic mass is 14.9. The molecule has 0 aromatic heterocycles. The molecule has 0 saturated carbocycles. The Bertz CT molecular complexity index is 569. The van der Waals surface area contributed by atoms with Gasteiger partial charge >= 0.3 is 0 Å². The summed E-state index contributed by atoms with van der Waals surface area (Å²) in [6, 6.07) is 16.3. The fraction of sp³-hybridized carbons (Fsp3) is 0.333. The minimum absolute atomic E-state index is 0.438. The summed E-state index contributed by atoms with van der Waals surface area (Å²) < 4.78 is 0. The van der Waals surface area contributed by atoms with E-state index in [1.165, 1.54) is 27.9 Å². The van der Waals surface area contributed by atoms with Gasteiger partial charge in [-0.05, 0) is 47.6 Å². The van der Waals surface area contributed by atoms with E-state index in [1.54, 1.807) is 0 Å². The van der Waals surface area contributed by atoms with Crippen LogP contribution in [0.25, 0.3) is 0 Å². The lowest BCUT2D eigenvalue weighted by molar-refractivity contribution is 0.822. The second-order valence-corrected chi connectivity index (χ2v) is 5.34. The average Bonchev–Trinajstić information content (AvgIpc) is 2.90. The van der Waals surface area contributed by atoms with Gasteiger partial charge in [-0.3, -0.25) is 0 Å². The van der Waals surface area contributed by atoms with Gasteiger partial charge in [-0.25, -0.2) is 0 Å². The van der Waals surface area contributed by atoms with Crippen molar-refractivity contribution in [1.82, 2.24) is 0 Å². The molecule has 0 radical (unpaired) electrons. The number of anilines is 1. The predicted molar refractivity (Wildman–Crippen MR) is 81.7 cm³/mol. The molecule has 0 bridgehead atoms. The van der Waals surface area contributed by atoms with Crippen molar-refractivity contribution in [2.75, 3.05) is 5.32 Å². The molecule has 1 aliphatic heterocycles. The molecule has 0 fully saturated rings. The van der Waals surface area contributed by atoms with Crippen molar-refractivity contribution in [3.05, 3.63) is 64.7 Å². The first-order valence-electron chi connectivity index (χ1n) is 7.27. The fourth-order valence-corrected chi connectivity index (χ4v) is 2.82. The quantitative estimate of drug-likeness (QED) is 0.845. The van der Waals surface area contributed by atoms with E-state index in [0.29, 0.717) is 6.04 Å². The first kappa shape index (κ1) is 12.3. The van der Waals surface area contributed by atoms with Crippen LogP contribution in [0.4, 0.5) is 5.69 Å². The van der Waals surface area contributed by atoms with E-state index in [1.807, 2.05) is 0 Å². The van der Waals surface area contributed by atoms with Gasteiger partial charge in [-0.15, -0.1) is 0 Å². The first-order valence-corrected chi connectivity index (χ1v) is 7.27. The lowest BCUT2D eigenvalue weighted by atomic mass is 10.00. The van der Waals surface area contributed by atoms with E-state index < -0.39 is 0 Å². The van der Waals surface area contributed by atoms with E-state index in [9.17, 15) is 0 Å². The van der Waals surface area contributed by atoms with Gasteiger partial charge in [-0.2, -0.15) is 0 Å². The summed E-state index contributed by atoms with van der Waals surface area (Å²) >= 11 is 0. The summed E-state index contributed by atoms with van der Waals surface area (Å²) in [5.41, 5.74) is 7.01. The highest BCUT2D eigenvalue weighted by Gasteiger charge is 2.21. The number of aryl methyl sites for hydroxylation is 2. The van der Waals surface area contributed by atoms with Crippen LogP contribution in [0.2, 0.25) is 0 Å². The maximum absolute atomic E-state index is 3.64. The Morgan fingerprint density at radius 2 is 1.63 bits per heavy atom. The fourth-order valence-electron chi connectivity index (χ4n) is 2.82. The van der Waals surface area contributed by atoms with E-state index in [0.717, 1.165) is 19.3 Å². The molecule has 1 heteroatoms. The highest BCUT2D eigenvalue weighted by molar-refractivity contribution is 5.59. The third-order valence-corrected chi connectivity index (χ3v) is 4.12. The molecule has 0 amide bonds. The molecule has 0 aliphatic carbocycles.